The van der Waals surface area contributed by atoms with Gasteiger partial charge in [0, 0.05) is 23.7 Å². The monoisotopic (exact) mass is 414 g/mol. The van der Waals surface area contributed by atoms with Gasteiger partial charge in [-0.3, -0.25) is 4.79 Å². The highest BCUT2D eigenvalue weighted by Gasteiger charge is 2.36. The minimum Gasteiger partial charge on any atom is -0.495 e. The van der Waals surface area contributed by atoms with E-state index in [2.05, 4.69) is 38.9 Å². The van der Waals surface area contributed by atoms with Crippen LogP contribution >= 0.6 is 0 Å². The van der Waals surface area contributed by atoms with Gasteiger partial charge in [0.05, 0.1) is 24.6 Å². The number of hydrogen-bond acceptors (Lipinski definition) is 4. The predicted octanol–water partition coefficient (Wildman–Crippen LogP) is 4.39. The molecule has 3 heterocycles. The summed E-state index contributed by atoms with van der Waals surface area (Å²) in [6.45, 7) is 8.53. The van der Waals surface area contributed by atoms with Crippen LogP contribution in [-0.4, -0.2) is 33.5 Å². The van der Waals surface area contributed by atoms with Crippen LogP contribution in [0.1, 0.15) is 25.0 Å². The Balaban J connectivity index is 1.78. The van der Waals surface area contributed by atoms with E-state index in [0.717, 1.165) is 27.9 Å². The second kappa shape index (κ2) is 8.14. The number of H-pyrrole nitrogens is 1. The molecule has 1 amide bonds. The van der Waals surface area contributed by atoms with Crippen LogP contribution < -0.4 is 10.1 Å². The van der Waals surface area contributed by atoms with Crippen molar-refractivity contribution in [3.63, 3.8) is 0 Å². The molecule has 0 bridgehead atoms. The maximum atomic E-state index is 12.8. The third-order valence-electron chi connectivity index (χ3n) is 5.49. The molecule has 2 aromatic heterocycles. The third-order valence-corrected chi connectivity index (χ3v) is 5.49. The predicted molar refractivity (Wildman–Crippen MR) is 123 cm³/mol. The molecule has 31 heavy (non-hydrogen) atoms. The van der Waals surface area contributed by atoms with Crippen molar-refractivity contribution < 1.29 is 9.53 Å². The van der Waals surface area contributed by atoms with Crippen molar-refractivity contribution in [1.82, 2.24) is 20.2 Å². The van der Waals surface area contributed by atoms with Crippen LogP contribution in [-0.2, 0) is 11.3 Å². The lowest BCUT2D eigenvalue weighted by Crippen LogP contribution is -2.59. The van der Waals surface area contributed by atoms with Gasteiger partial charge in [0.1, 0.15) is 17.1 Å². The van der Waals surface area contributed by atoms with E-state index < -0.39 is 5.66 Å². The highest BCUT2D eigenvalue weighted by Crippen LogP contribution is 2.31. The molecule has 3 aromatic rings. The molecule has 6 nitrogen and oxygen atoms in total. The van der Waals surface area contributed by atoms with E-state index in [4.69, 9.17) is 4.74 Å². The average molecular weight is 415 g/mol. The molecular weight excluding hydrogens is 388 g/mol. The van der Waals surface area contributed by atoms with Gasteiger partial charge in [0.2, 0.25) is 0 Å². The van der Waals surface area contributed by atoms with Gasteiger partial charge in [0.15, 0.2) is 0 Å². The number of amides is 1. The van der Waals surface area contributed by atoms with E-state index in [0.29, 0.717) is 17.9 Å². The molecule has 1 aliphatic heterocycles. The van der Waals surface area contributed by atoms with Crippen molar-refractivity contribution in [1.29, 1.82) is 0 Å². The molecule has 0 saturated heterocycles. The van der Waals surface area contributed by atoms with Crippen LogP contribution in [0.4, 0.5) is 0 Å². The minimum atomic E-state index is -0.565. The van der Waals surface area contributed by atoms with Crippen molar-refractivity contribution in [3.8, 4) is 5.75 Å². The number of nitrogens with one attached hydrogen (secondary N) is 2. The summed E-state index contributed by atoms with van der Waals surface area (Å²) in [5.74, 6) is 0.558. The molecule has 0 radical (unpaired) electrons. The zero-order valence-electron chi connectivity index (χ0n) is 18.0. The van der Waals surface area contributed by atoms with Crippen LogP contribution in [0, 0.1) is 0 Å². The molecule has 158 valence electrons. The summed E-state index contributed by atoms with van der Waals surface area (Å²) in [7, 11) is 1.62. The van der Waals surface area contributed by atoms with Gasteiger partial charge in [-0.15, -0.1) is 0 Å². The summed E-state index contributed by atoms with van der Waals surface area (Å²) in [6.07, 6.45) is 9.16. The first-order chi connectivity index (χ1) is 14.9. The van der Waals surface area contributed by atoms with Crippen molar-refractivity contribution >= 4 is 23.0 Å². The minimum absolute atomic E-state index is 0.133. The summed E-state index contributed by atoms with van der Waals surface area (Å²) >= 11 is 0. The fourth-order valence-electron chi connectivity index (χ4n) is 3.82. The molecular formula is C25H26N4O2. The van der Waals surface area contributed by atoms with Crippen LogP contribution in [0.25, 0.3) is 17.1 Å². The summed E-state index contributed by atoms with van der Waals surface area (Å²) in [5, 5.41) is 4.04. The molecule has 0 fully saturated rings. The van der Waals surface area contributed by atoms with E-state index in [1.165, 1.54) is 0 Å². The summed E-state index contributed by atoms with van der Waals surface area (Å²) in [6, 6.07) is 12.1. The first kappa shape index (κ1) is 20.5. The van der Waals surface area contributed by atoms with Crippen molar-refractivity contribution in [3.05, 3.63) is 89.9 Å². The van der Waals surface area contributed by atoms with Crippen molar-refractivity contribution in [2.24, 2.45) is 0 Å². The SMILES string of the molecule is C=CC1=C(/C=C/c2c[nH]c3ncc(OC)cc23)N(Cc2ccccc2)C(C)(C)NC1=O. The first-order valence-corrected chi connectivity index (χ1v) is 10.1. The Morgan fingerprint density at radius 1 is 1.23 bits per heavy atom. The zero-order chi connectivity index (χ0) is 22.0. The fourth-order valence-corrected chi connectivity index (χ4v) is 3.82. The van der Waals surface area contributed by atoms with Crippen LogP contribution in [0.15, 0.2) is 78.8 Å². The van der Waals surface area contributed by atoms with E-state index >= 15 is 0 Å². The second-order valence-corrected chi connectivity index (χ2v) is 7.94. The maximum Gasteiger partial charge on any atom is 0.255 e. The van der Waals surface area contributed by atoms with Gasteiger partial charge in [-0.1, -0.05) is 49.1 Å². The molecule has 0 unspecified atom stereocenters. The maximum absolute atomic E-state index is 12.8. The van der Waals surface area contributed by atoms with E-state index in [1.807, 2.05) is 56.5 Å². The van der Waals surface area contributed by atoms with Gasteiger partial charge in [-0.05, 0) is 31.6 Å². The summed E-state index contributed by atoms with van der Waals surface area (Å²) in [4.78, 5) is 22.5. The van der Waals surface area contributed by atoms with Crippen molar-refractivity contribution in [2.75, 3.05) is 7.11 Å². The second-order valence-electron chi connectivity index (χ2n) is 7.94. The Morgan fingerprint density at radius 3 is 2.71 bits per heavy atom. The third kappa shape index (κ3) is 3.97. The molecule has 6 heteroatoms. The number of ether oxygens (including phenoxy) is 1. The Bertz CT molecular complexity index is 1190. The van der Waals surface area contributed by atoms with E-state index in [1.54, 1.807) is 19.4 Å². The number of carbonyl (C=O) groups is 1. The van der Waals surface area contributed by atoms with Gasteiger partial charge >= 0.3 is 0 Å². The zero-order valence-corrected chi connectivity index (χ0v) is 18.0. The lowest BCUT2D eigenvalue weighted by atomic mass is 9.99. The highest BCUT2D eigenvalue weighted by molar-refractivity contribution is 5.99. The van der Waals surface area contributed by atoms with E-state index in [9.17, 15) is 4.79 Å². The van der Waals surface area contributed by atoms with Crippen molar-refractivity contribution in [2.45, 2.75) is 26.1 Å². The Hall–Kier alpha value is -3.80. The largest absolute Gasteiger partial charge is 0.495 e. The topological polar surface area (TPSA) is 70.2 Å². The number of carbonyl (C=O) groups excluding carboxylic acids is 1. The molecule has 1 aromatic carbocycles. The quantitative estimate of drug-likeness (QED) is 0.628. The molecule has 0 saturated carbocycles. The molecule has 1 aliphatic rings. The molecule has 0 aliphatic carbocycles. The fraction of sp³-hybridized carbons (Fsp3) is 0.200. The molecule has 0 atom stereocenters. The Kier molecular flexibility index (Phi) is 5.38. The lowest BCUT2D eigenvalue weighted by molar-refractivity contribution is -0.122. The highest BCUT2D eigenvalue weighted by atomic mass is 16.5. The van der Waals surface area contributed by atoms with Gasteiger partial charge in [-0.2, -0.15) is 0 Å². The molecule has 4 rings (SSSR count). The number of rotatable bonds is 6. The number of aromatic amines is 1. The van der Waals surface area contributed by atoms with Crippen LogP contribution in [0.2, 0.25) is 0 Å². The Labute approximate surface area is 181 Å². The summed E-state index contributed by atoms with van der Waals surface area (Å²) in [5.41, 5.74) is 3.69. The number of methoxy groups -OCH3 is 1. The number of benzene rings is 1. The Morgan fingerprint density at radius 2 is 2.00 bits per heavy atom. The number of allylic oxidation sites excluding steroid dienone is 1. The number of pyridine rings is 1. The van der Waals surface area contributed by atoms with Gasteiger partial charge in [0.25, 0.3) is 5.91 Å². The first-order valence-electron chi connectivity index (χ1n) is 10.1. The number of aromatic nitrogens is 2. The average Bonchev–Trinajstić information content (AvgIpc) is 3.17. The van der Waals surface area contributed by atoms with Crippen LogP contribution in [0.3, 0.4) is 0 Å². The number of hydrogen-bond donors (Lipinski definition) is 2. The lowest BCUT2D eigenvalue weighted by Gasteiger charge is -2.45. The van der Waals surface area contributed by atoms with Crippen LogP contribution in [0.5, 0.6) is 5.75 Å². The number of fused-ring (bicyclic) bond motifs is 1. The smallest absolute Gasteiger partial charge is 0.255 e. The normalized spacial score (nSPS) is 16.1. The summed E-state index contributed by atoms with van der Waals surface area (Å²) < 4.78 is 5.32. The van der Waals surface area contributed by atoms with Gasteiger partial charge in [-0.25, -0.2) is 4.98 Å². The standard InChI is InChI=1S/C25H26N4O2/c1-5-20-22(12-11-18-14-26-23-21(18)13-19(31-4)15-27-23)29(25(2,3)28-24(20)30)16-17-9-7-6-8-10-17/h5-15H,1,16H2,2-4H3,(H,26,27)(H,28,30)/b12-11+. The molecule has 2 N–H and O–H groups in total. The van der Waals surface area contributed by atoms with Gasteiger partial charge < -0.3 is 19.9 Å². The van der Waals surface area contributed by atoms with E-state index in [-0.39, 0.29) is 5.91 Å². The molecule has 0 spiro atoms. The number of nitrogens with zero attached hydrogens (tertiary/aromatic N) is 2.